The second-order valence-electron chi connectivity index (χ2n) is 7.11. The van der Waals surface area contributed by atoms with Crippen molar-refractivity contribution in [3.63, 3.8) is 0 Å². The summed E-state index contributed by atoms with van der Waals surface area (Å²) in [6, 6.07) is 18.6. The van der Waals surface area contributed by atoms with Gasteiger partial charge in [-0.05, 0) is 73.9 Å². The largest absolute Gasteiger partial charge is 0.324 e. The van der Waals surface area contributed by atoms with Crippen molar-refractivity contribution in [1.82, 2.24) is 0 Å². The van der Waals surface area contributed by atoms with Crippen molar-refractivity contribution in [2.75, 3.05) is 16.2 Å². The van der Waals surface area contributed by atoms with E-state index in [0.717, 1.165) is 21.0 Å². The van der Waals surface area contributed by atoms with E-state index < -0.39 is 15.9 Å². The second-order valence-corrected chi connectivity index (χ2v) is 9.37. The molecule has 0 fully saturated rings. The van der Waals surface area contributed by atoms with Crippen molar-refractivity contribution in [3.8, 4) is 0 Å². The van der Waals surface area contributed by atoms with Gasteiger partial charge in [-0.25, -0.2) is 8.42 Å². The molecule has 0 bridgehead atoms. The molecule has 1 N–H and O–H groups in total. The summed E-state index contributed by atoms with van der Waals surface area (Å²) in [5.41, 5.74) is 3.80. The molecular formula is C23H23ClN2O3S. The Morgan fingerprint density at radius 3 is 2.20 bits per heavy atom. The number of carbonyl (C=O) groups excluding carboxylic acids is 1. The quantitative estimate of drug-likeness (QED) is 0.577. The third kappa shape index (κ3) is 4.83. The fourth-order valence-corrected chi connectivity index (χ4v) is 4.53. The van der Waals surface area contributed by atoms with E-state index in [2.05, 4.69) is 5.32 Å². The first-order chi connectivity index (χ1) is 14.2. The molecule has 3 aromatic carbocycles. The zero-order valence-electron chi connectivity index (χ0n) is 17.0. The van der Waals surface area contributed by atoms with E-state index in [0.29, 0.717) is 16.4 Å². The molecule has 5 nitrogen and oxygen atoms in total. The van der Waals surface area contributed by atoms with Crippen LogP contribution in [-0.2, 0) is 14.8 Å². The lowest BCUT2D eigenvalue weighted by Crippen LogP contribution is -2.38. The van der Waals surface area contributed by atoms with Crippen molar-refractivity contribution >= 4 is 38.9 Å². The van der Waals surface area contributed by atoms with E-state index in [1.807, 2.05) is 26.8 Å². The lowest BCUT2D eigenvalue weighted by molar-refractivity contribution is -0.114. The number of nitrogens with one attached hydrogen (secondary N) is 1. The van der Waals surface area contributed by atoms with Crippen molar-refractivity contribution in [3.05, 3.63) is 88.4 Å². The Hall–Kier alpha value is -2.83. The number of anilines is 2. The van der Waals surface area contributed by atoms with Gasteiger partial charge >= 0.3 is 0 Å². The van der Waals surface area contributed by atoms with Gasteiger partial charge in [0.15, 0.2) is 0 Å². The number of rotatable bonds is 6. The molecule has 30 heavy (non-hydrogen) atoms. The normalized spacial score (nSPS) is 11.2. The predicted octanol–water partition coefficient (Wildman–Crippen LogP) is 5.10. The van der Waals surface area contributed by atoms with Crippen LogP contribution >= 0.6 is 11.6 Å². The summed E-state index contributed by atoms with van der Waals surface area (Å²) in [7, 11) is -3.94. The number of hydrogen-bond acceptors (Lipinski definition) is 3. The predicted molar refractivity (Wildman–Crippen MR) is 122 cm³/mol. The molecule has 0 atom stereocenters. The van der Waals surface area contributed by atoms with Crippen LogP contribution in [0, 0.1) is 20.8 Å². The summed E-state index contributed by atoms with van der Waals surface area (Å²) in [4.78, 5) is 12.9. The maximum absolute atomic E-state index is 13.3. The van der Waals surface area contributed by atoms with Gasteiger partial charge in [0, 0.05) is 10.7 Å². The van der Waals surface area contributed by atoms with Crippen LogP contribution in [0.1, 0.15) is 16.7 Å². The SMILES string of the molecule is Cc1ccc(N(CC(=O)Nc2ccc(C)c(Cl)c2)S(=O)(=O)c2ccccc2)cc1C. The van der Waals surface area contributed by atoms with Crippen LogP contribution < -0.4 is 9.62 Å². The summed E-state index contributed by atoms with van der Waals surface area (Å²) in [5.74, 6) is -0.465. The van der Waals surface area contributed by atoms with E-state index >= 15 is 0 Å². The zero-order chi connectivity index (χ0) is 21.9. The molecule has 156 valence electrons. The zero-order valence-corrected chi connectivity index (χ0v) is 18.6. The van der Waals surface area contributed by atoms with Gasteiger partial charge in [-0.15, -0.1) is 0 Å². The van der Waals surface area contributed by atoms with Crippen LogP contribution in [0.2, 0.25) is 5.02 Å². The Bertz CT molecular complexity index is 1180. The maximum atomic E-state index is 13.3. The molecule has 0 aliphatic heterocycles. The fourth-order valence-electron chi connectivity index (χ4n) is 2.92. The molecule has 0 unspecified atom stereocenters. The average molecular weight is 443 g/mol. The first-order valence-electron chi connectivity index (χ1n) is 9.39. The highest BCUT2D eigenvalue weighted by atomic mass is 35.5. The molecular weight excluding hydrogens is 420 g/mol. The Labute approximate surface area is 182 Å². The van der Waals surface area contributed by atoms with Gasteiger partial charge < -0.3 is 5.32 Å². The van der Waals surface area contributed by atoms with Crippen LogP contribution in [-0.4, -0.2) is 20.9 Å². The molecule has 0 heterocycles. The number of hydrogen-bond donors (Lipinski definition) is 1. The average Bonchev–Trinajstić information content (AvgIpc) is 2.72. The smallest absolute Gasteiger partial charge is 0.264 e. The van der Waals surface area contributed by atoms with E-state index in [1.165, 1.54) is 12.1 Å². The second kappa shape index (κ2) is 8.90. The molecule has 3 aromatic rings. The minimum atomic E-state index is -3.94. The van der Waals surface area contributed by atoms with Gasteiger partial charge in [-0.1, -0.05) is 41.9 Å². The number of sulfonamides is 1. The van der Waals surface area contributed by atoms with Crippen LogP contribution in [0.5, 0.6) is 0 Å². The van der Waals surface area contributed by atoms with Crippen LogP contribution in [0.3, 0.4) is 0 Å². The third-order valence-corrected chi connectivity index (χ3v) is 7.05. The Morgan fingerprint density at radius 2 is 1.57 bits per heavy atom. The highest BCUT2D eigenvalue weighted by Gasteiger charge is 2.27. The Balaban J connectivity index is 1.95. The van der Waals surface area contributed by atoms with Crippen LogP contribution in [0.4, 0.5) is 11.4 Å². The van der Waals surface area contributed by atoms with Gasteiger partial charge in [-0.2, -0.15) is 0 Å². The summed E-state index contributed by atoms with van der Waals surface area (Å²) < 4.78 is 27.8. The highest BCUT2D eigenvalue weighted by Crippen LogP contribution is 2.26. The molecule has 1 amide bonds. The van der Waals surface area contributed by atoms with Crippen molar-refractivity contribution in [1.29, 1.82) is 0 Å². The standard InChI is InChI=1S/C23H23ClN2O3S/c1-16-10-12-20(13-18(16)3)26(30(28,29)21-7-5-4-6-8-21)15-23(27)25-19-11-9-17(2)22(24)14-19/h4-14H,15H2,1-3H3,(H,25,27). The molecule has 0 saturated heterocycles. The number of carbonyl (C=O) groups is 1. The molecule has 0 saturated carbocycles. The van der Waals surface area contributed by atoms with E-state index in [4.69, 9.17) is 11.6 Å². The van der Waals surface area contributed by atoms with Gasteiger partial charge in [0.1, 0.15) is 6.54 Å². The summed E-state index contributed by atoms with van der Waals surface area (Å²) in [6.07, 6.45) is 0. The molecule has 3 rings (SSSR count). The summed E-state index contributed by atoms with van der Waals surface area (Å²) in [6.45, 7) is 5.34. The van der Waals surface area contributed by atoms with Crippen LogP contribution in [0.25, 0.3) is 0 Å². The Morgan fingerprint density at radius 1 is 0.900 bits per heavy atom. The van der Waals surface area contributed by atoms with E-state index in [9.17, 15) is 13.2 Å². The minimum absolute atomic E-state index is 0.120. The van der Waals surface area contributed by atoms with E-state index in [1.54, 1.807) is 48.5 Å². The molecule has 7 heteroatoms. The molecule has 0 spiro atoms. The van der Waals surface area contributed by atoms with Crippen molar-refractivity contribution in [2.24, 2.45) is 0 Å². The third-order valence-electron chi connectivity index (χ3n) is 4.85. The first kappa shape index (κ1) is 21.9. The lowest BCUT2D eigenvalue weighted by Gasteiger charge is -2.25. The fraction of sp³-hybridized carbons (Fsp3) is 0.174. The van der Waals surface area contributed by atoms with Gasteiger partial charge in [0.05, 0.1) is 10.6 Å². The van der Waals surface area contributed by atoms with Gasteiger partial charge in [0.2, 0.25) is 5.91 Å². The highest BCUT2D eigenvalue weighted by molar-refractivity contribution is 7.92. The first-order valence-corrected chi connectivity index (χ1v) is 11.2. The number of nitrogens with zero attached hydrogens (tertiary/aromatic N) is 1. The molecule has 0 aliphatic rings. The number of benzene rings is 3. The van der Waals surface area contributed by atoms with Crippen LogP contribution in [0.15, 0.2) is 71.6 Å². The van der Waals surface area contributed by atoms with Gasteiger partial charge in [0.25, 0.3) is 10.0 Å². The summed E-state index contributed by atoms with van der Waals surface area (Å²) >= 11 is 6.13. The molecule has 0 radical (unpaired) electrons. The minimum Gasteiger partial charge on any atom is -0.324 e. The monoisotopic (exact) mass is 442 g/mol. The number of aryl methyl sites for hydroxylation is 3. The van der Waals surface area contributed by atoms with Gasteiger partial charge in [-0.3, -0.25) is 9.10 Å². The maximum Gasteiger partial charge on any atom is 0.264 e. The summed E-state index contributed by atoms with van der Waals surface area (Å²) in [5, 5.41) is 3.25. The molecule has 0 aromatic heterocycles. The van der Waals surface area contributed by atoms with Crippen molar-refractivity contribution < 1.29 is 13.2 Å². The number of halogens is 1. The molecule has 0 aliphatic carbocycles. The number of amides is 1. The van der Waals surface area contributed by atoms with E-state index in [-0.39, 0.29) is 11.4 Å². The Kier molecular flexibility index (Phi) is 6.48. The topological polar surface area (TPSA) is 66.5 Å². The van der Waals surface area contributed by atoms with Crippen molar-refractivity contribution in [2.45, 2.75) is 25.7 Å². The lowest BCUT2D eigenvalue weighted by atomic mass is 10.1.